The van der Waals surface area contributed by atoms with Crippen LogP contribution in [0.2, 0.25) is 0 Å². The second-order valence-electron chi connectivity index (χ2n) is 5.21. The number of rotatable bonds is 1. The molecule has 15 heavy (non-hydrogen) atoms. The van der Waals surface area contributed by atoms with E-state index in [0.717, 1.165) is 25.7 Å². The van der Waals surface area contributed by atoms with Gasteiger partial charge in [0.2, 0.25) is 0 Å². The van der Waals surface area contributed by atoms with Crippen molar-refractivity contribution in [2.24, 2.45) is 0 Å². The molecule has 1 saturated heterocycles. The smallest absolute Gasteiger partial charge is 0.0791 e. The standard InChI is InChI=1S/C12H24N2O/c1-10-8-14(9-12(15)7-13-10)11-5-3-2-4-6-11/h10-13,15H,2-9H2,1H3. The van der Waals surface area contributed by atoms with E-state index < -0.39 is 0 Å². The highest BCUT2D eigenvalue weighted by Gasteiger charge is 2.26. The van der Waals surface area contributed by atoms with Gasteiger partial charge in [-0.3, -0.25) is 4.90 Å². The summed E-state index contributed by atoms with van der Waals surface area (Å²) in [5.41, 5.74) is 0. The lowest BCUT2D eigenvalue weighted by atomic mass is 9.94. The highest BCUT2D eigenvalue weighted by atomic mass is 16.3. The molecule has 2 fully saturated rings. The Bertz CT molecular complexity index is 180. The zero-order chi connectivity index (χ0) is 10.7. The van der Waals surface area contributed by atoms with Gasteiger partial charge in [-0.2, -0.15) is 0 Å². The average molecular weight is 212 g/mol. The van der Waals surface area contributed by atoms with Crippen molar-refractivity contribution < 1.29 is 5.11 Å². The average Bonchev–Trinajstić information content (AvgIpc) is 2.42. The minimum absolute atomic E-state index is 0.183. The molecule has 3 heteroatoms. The molecular weight excluding hydrogens is 188 g/mol. The van der Waals surface area contributed by atoms with Crippen molar-refractivity contribution >= 4 is 0 Å². The summed E-state index contributed by atoms with van der Waals surface area (Å²) in [6.45, 7) is 4.93. The zero-order valence-electron chi connectivity index (χ0n) is 9.78. The summed E-state index contributed by atoms with van der Waals surface area (Å²) in [7, 11) is 0. The van der Waals surface area contributed by atoms with Gasteiger partial charge in [0.1, 0.15) is 0 Å². The van der Waals surface area contributed by atoms with Gasteiger partial charge in [0.25, 0.3) is 0 Å². The summed E-state index contributed by atoms with van der Waals surface area (Å²) in [5, 5.41) is 13.2. The fraction of sp³-hybridized carbons (Fsp3) is 1.00. The molecule has 1 aliphatic heterocycles. The molecule has 1 heterocycles. The van der Waals surface area contributed by atoms with E-state index in [1.165, 1.54) is 32.1 Å². The maximum atomic E-state index is 9.80. The van der Waals surface area contributed by atoms with Crippen molar-refractivity contribution in [3.05, 3.63) is 0 Å². The Balaban J connectivity index is 1.92. The van der Waals surface area contributed by atoms with Crippen LogP contribution in [-0.4, -0.2) is 47.8 Å². The van der Waals surface area contributed by atoms with E-state index in [4.69, 9.17) is 0 Å². The van der Waals surface area contributed by atoms with Gasteiger partial charge in [-0.05, 0) is 19.8 Å². The molecule has 0 amide bonds. The van der Waals surface area contributed by atoms with Crippen LogP contribution in [0.4, 0.5) is 0 Å². The summed E-state index contributed by atoms with van der Waals surface area (Å²) in [6.07, 6.45) is 6.63. The summed E-state index contributed by atoms with van der Waals surface area (Å²) in [6, 6.07) is 1.25. The Morgan fingerprint density at radius 1 is 1.13 bits per heavy atom. The Morgan fingerprint density at radius 3 is 2.60 bits per heavy atom. The van der Waals surface area contributed by atoms with Crippen LogP contribution < -0.4 is 5.32 Å². The van der Waals surface area contributed by atoms with Crippen LogP contribution in [0.3, 0.4) is 0 Å². The minimum atomic E-state index is -0.183. The first kappa shape index (κ1) is 11.4. The number of nitrogens with one attached hydrogen (secondary N) is 1. The fourth-order valence-corrected chi connectivity index (χ4v) is 2.91. The SMILES string of the molecule is CC1CN(C2CCCCC2)CC(O)CN1. The molecule has 2 N–H and O–H groups in total. The van der Waals surface area contributed by atoms with Crippen LogP contribution in [0.25, 0.3) is 0 Å². The summed E-state index contributed by atoms with van der Waals surface area (Å²) < 4.78 is 0. The third kappa shape index (κ3) is 3.16. The lowest BCUT2D eigenvalue weighted by Gasteiger charge is -2.34. The van der Waals surface area contributed by atoms with Crippen LogP contribution >= 0.6 is 0 Å². The molecule has 0 aromatic rings. The van der Waals surface area contributed by atoms with Crippen LogP contribution in [-0.2, 0) is 0 Å². The predicted molar refractivity (Wildman–Crippen MR) is 61.9 cm³/mol. The Labute approximate surface area is 92.8 Å². The minimum Gasteiger partial charge on any atom is -0.390 e. The van der Waals surface area contributed by atoms with Crippen molar-refractivity contribution in [1.29, 1.82) is 0 Å². The number of aliphatic hydroxyl groups excluding tert-OH is 1. The first-order chi connectivity index (χ1) is 7.25. The highest BCUT2D eigenvalue weighted by Crippen LogP contribution is 2.23. The van der Waals surface area contributed by atoms with Crippen LogP contribution in [0.15, 0.2) is 0 Å². The van der Waals surface area contributed by atoms with Gasteiger partial charge >= 0.3 is 0 Å². The van der Waals surface area contributed by atoms with E-state index in [0.29, 0.717) is 6.04 Å². The monoisotopic (exact) mass is 212 g/mol. The van der Waals surface area contributed by atoms with Crippen molar-refractivity contribution in [2.75, 3.05) is 19.6 Å². The molecule has 0 bridgehead atoms. The molecule has 2 atom stereocenters. The molecule has 3 nitrogen and oxygen atoms in total. The molecule has 2 aliphatic rings. The molecule has 88 valence electrons. The first-order valence-corrected chi connectivity index (χ1v) is 6.41. The normalized spacial score (nSPS) is 36.4. The van der Waals surface area contributed by atoms with Gasteiger partial charge in [0.15, 0.2) is 0 Å². The zero-order valence-corrected chi connectivity index (χ0v) is 9.78. The number of hydrogen-bond acceptors (Lipinski definition) is 3. The molecule has 0 aromatic carbocycles. The molecule has 0 aromatic heterocycles. The third-order valence-corrected chi connectivity index (χ3v) is 3.75. The van der Waals surface area contributed by atoms with Gasteiger partial charge in [0.05, 0.1) is 6.10 Å². The van der Waals surface area contributed by atoms with Crippen molar-refractivity contribution in [3.63, 3.8) is 0 Å². The van der Waals surface area contributed by atoms with E-state index in [2.05, 4.69) is 17.1 Å². The van der Waals surface area contributed by atoms with E-state index in [9.17, 15) is 5.11 Å². The summed E-state index contributed by atoms with van der Waals surface area (Å²) in [5.74, 6) is 0. The number of aliphatic hydroxyl groups is 1. The van der Waals surface area contributed by atoms with Crippen molar-refractivity contribution in [2.45, 2.75) is 57.2 Å². The maximum absolute atomic E-state index is 9.80. The van der Waals surface area contributed by atoms with E-state index >= 15 is 0 Å². The Kier molecular flexibility index (Phi) is 4.00. The lowest BCUT2D eigenvalue weighted by Crippen LogP contribution is -2.43. The van der Waals surface area contributed by atoms with E-state index in [1.807, 2.05) is 0 Å². The van der Waals surface area contributed by atoms with E-state index in [1.54, 1.807) is 0 Å². The Morgan fingerprint density at radius 2 is 1.87 bits per heavy atom. The quantitative estimate of drug-likeness (QED) is 0.680. The second kappa shape index (κ2) is 5.28. The molecule has 2 rings (SSSR count). The molecule has 0 spiro atoms. The topological polar surface area (TPSA) is 35.5 Å². The van der Waals surface area contributed by atoms with Crippen LogP contribution in [0, 0.1) is 0 Å². The summed E-state index contributed by atoms with van der Waals surface area (Å²) >= 11 is 0. The van der Waals surface area contributed by atoms with Crippen LogP contribution in [0.1, 0.15) is 39.0 Å². The molecule has 1 aliphatic carbocycles. The van der Waals surface area contributed by atoms with Gasteiger partial charge in [-0.15, -0.1) is 0 Å². The third-order valence-electron chi connectivity index (χ3n) is 3.75. The Hall–Kier alpha value is -0.120. The van der Waals surface area contributed by atoms with Gasteiger partial charge in [0, 0.05) is 31.7 Å². The molecule has 1 saturated carbocycles. The first-order valence-electron chi connectivity index (χ1n) is 6.41. The lowest BCUT2D eigenvalue weighted by molar-refractivity contribution is 0.0890. The maximum Gasteiger partial charge on any atom is 0.0791 e. The van der Waals surface area contributed by atoms with E-state index in [-0.39, 0.29) is 6.10 Å². The highest BCUT2D eigenvalue weighted by molar-refractivity contribution is 4.84. The fourth-order valence-electron chi connectivity index (χ4n) is 2.91. The number of β-amino-alcohol motifs (C(OH)–C–C–N with tert-alkyl or cyclic N) is 1. The molecule has 0 radical (unpaired) electrons. The summed E-state index contributed by atoms with van der Waals surface area (Å²) in [4.78, 5) is 2.51. The molecular formula is C12H24N2O. The van der Waals surface area contributed by atoms with Gasteiger partial charge < -0.3 is 10.4 Å². The van der Waals surface area contributed by atoms with Crippen molar-refractivity contribution in [1.82, 2.24) is 10.2 Å². The van der Waals surface area contributed by atoms with Gasteiger partial charge in [-0.25, -0.2) is 0 Å². The largest absolute Gasteiger partial charge is 0.390 e. The predicted octanol–water partition coefficient (Wildman–Crippen LogP) is 0.974. The van der Waals surface area contributed by atoms with Crippen molar-refractivity contribution in [3.8, 4) is 0 Å². The second-order valence-corrected chi connectivity index (χ2v) is 5.21. The van der Waals surface area contributed by atoms with Crippen LogP contribution in [0.5, 0.6) is 0 Å². The number of hydrogen-bond donors (Lipinski definition) is 2. The van der Waals surface area contributed by atoms with Gasteiger partial charge in [-0.1, -0.05) is 19.3 Å². The molecule has 2 unspecified atom stereocenters. The number of nitrogens with zero attached hydrogens (tertiary/aromatic N) is 1.